The molecule has 196 valence electrons. The zero-order valence-corrected chi connectivity index (χ0v) is 22.5. The molecule has 0 aliphatic carbocycles. The van der Waals surface area contributed by atoms with Gasteiger partial charge in [0.25, 0.3) is 11.7 Å². The Kier molecular flexibility index (Phi) is 7.14. The quantitative estimate of drug-likeness (QED) is 0.253. The van der Waals surface area contributed by atoms with E-state index >= 15 is 0 Å². The lowest BCUT2D eigenvalue weighted by atomic mass is 9.84. The normalized spacial score (nSPS) is 17.0. The molecule has 1 aliphatic rings. The minimum Gasteiger partial charge on any atom is -0.507 e. The summed E-state index contributed by atoms with van der Waals surface area (Å²) in [5, 5.41) is 14.3. The van der Waals surface area contributed by atoms with E-state index in [-0.39, 0.29) is 22.7 Å². The molecule has 38 heavy (non-hydrogen) atoms. The number of aliphatic hydroxyl groups excluding tert-OH is 1. The van der Waals surface area contributed by atoms with Gasteiger partial charge in [0, 0.05) is 23.9 Å². The molecule has 7 nitrogen and oxygen atoms in total. The Morgan fingerprint density at radius 1 is 1.00 bits per heavy atom. The van der Waals surface area contributed by atoms with E-state index in [0.717, 1.165) is 11.1 Å². The van der Waals surface area contributed by atoms with Crippen molar-refractivity contribution < 1.29 is 24.2 Å². The Bertz CT molecular complexity index is 1450. The molecule has 1 saturated heterocycles. The maximum Gasteiger partial charge on any atom is 0.300 e. The fraction of sp³-hybridized carbons (Fsp3) is 0.258. The number of aryl methyl sites for hydroxylation is 1. The van der Waals surface area contributed by atoms with Gasteiger partial charge in [-0.05, 0) is 71.5 Å². The lowest BCUT2D eigenvalue weighted by Crippen LogP contribution is -2.29. The Morgan fingerprint density at radius 3 is 2.29 bits per heavy atom. The molecule has 4 rings (SSSR count). The number of ether oxygens (including phenoxy) is 1. The number of carbonyl (C=O) groups excluding carboxylic acids is 3. The van der Waals surface area contributed by atoms with Crippen LogP contribution < -0.4 is 15.0 Å². The van der Waals surface area contributed by atoms with Gasteiger partial charge in [-0.15, -0.1) is 0 Å². The average molecular weight is 513 g/mol. The fourth-order valence-electron chi connectivity index (χ4n) is 4.62. The summed E-state index contributed by atoms with van der Waals surface area (Å²) in [4.78, 5) is 39.9. The van der Waals surface area contributed by atoms with Gasteiger partial charge in [0.15, 0.2) is 0 Å². The predicted octanol–water partition coefficient (Wildman–Crippen LogP) is 5.89. The van der Waals surface area contributed by atoms with Gasteiger partial charge >= 0.3 is 0 Å². The van der Waals surface area contributed by atoms with Crippen LogP contribution in [0.1, 0.15) is 56.0 Å². The highest BCUT2D eigenvalue weighted by atomic mass is 16.5. The van der Waals surface area contributed by atoms with Crippen LogP contribution in [-0.4, -0.2) is 29.8 Å². The van der Waals surface area contributed by atoms with Crippen LogP contribution in [0.3, 0.4) is 0 Å². The van der Waals surface area contributed by atoms with E-state index in [4.69, 9.17) is 4.74 Å². The van der Waals surface area contributed by atoms with E-state index in [9.17, 15) is 19.5 Å². The molecule has 2 amide bonds. The van der Waals surface area contributed by atoms with E-state index in [1.807, 2.05) is 25.1 Å². The van der Waals surface area contributed by atoms with Gasteiger partial charge in [-0.3, -0.25) is 19.3 Å². The van der Waals surface area contributed by atoms with Crippen LogP contribution in [0.2, 0.25) is 0 Å². The van der Waals surface area contributed by atoms with Crippen molar-refractivity contribution in [1.82, 2.24) is 0 Å². The number of aliphatic hydroxyl groups is 1. The maximum absolute atomic E-state index is 13.6. The number of amides is 2. The van der Waals surface area contributed by atoms with Crippen molar-refractivity contribution in [2.24, 2.45) is 0 Å². The maximum atomic E-state index is 13.6. The van der Waals surface area contributed by atoms with Crippen molar-refractivity contribution in [1.29, 1.82) is 0 Å². The van der Waals surface area contributed by atoms with Crippen molar-refractivity contribution in [2.75, 3.05) is 17.3 Å². The minimum absolute atomic E-state index is 0.00310. The van der Waals surface area contributed by atoms with Crippen LogP contribution in [-0.2, 0) is 19.8 Å². The summed E-state index contributed by atoms with van der Waals surface area (Å²) in [6, 6.07) is 18.6. The Hall–Kier alpha value is -4.39. The zero-order valence-electron chi connectivity index (χ0n) is 22.5. The van der Waals surface area contributed by atoms with Gasteiger partial charge in [0.2, 0.25) is 5.91 Å². The monoisotopic (exact) mass is 512 g/mol. The van der Waals surface area contributed by atoms with E-state index in [0.29, 0.717) is 28.3 Å². The van der Waals surface area contributed by atoms with Crippen LogP contribution in [0.25, 0.3) is 5.76 Å². The second-order valence-corrected chi connectivity index (χ2v) is 10.5. The second kappa shape index (κ2) is 10.2. The third-order valence-electron chi connectivity index (χ3n) is 6.68. The number of Topliss-reactive ketones (excluding diaryl/α,β-unsaturated/α-hetero) is 1. The van der Waals surface area contributed by atoms with Crippen molar-refractivity contribution >= 4 is 34.7 Å². The number of carbonyl (C=O) groups is 3. The summed E-state index contributed by atoms with van der Waals surface area (Å²) < 4.78 is 5.41. The van der Waals surface area contributed by atoms with Crippen LogP contribution in [0.4, 0.5) is 11.4 Å². The first kappa shape index (κ1) is 26.7. The third kappa shape index (κ3) is 5.05. The first-order valence-electron chi connectivity index (χ1n) is 12.4. The number of nitrogens with one attached hydrogen (secondary N) is 1. The van der Waals surface area contributed by atoms with Crippen molar-refractivity contribution in [2.45, 2.75) is 46.1 Å². The van der Waals surface area contributed by atoms with Gasteiger partial charge in [-0.1, -0.05) is 45.0 Å². The van der Waals surface area contributed by atoms with Crippen LogP contribution in [0.15, 0.2) is 72.3 Å². The molecular formula is C31H32N2O5. The average Bonchev–Trinajstić information content (AvgIpc) is 3.13. The van der Waals surface area contributed by atoms with E-state index in [1.165, 1.54) is 18.9 Å². The van der Waals surface area contributed by atoms with Gasteiger partial charge in [-0.2, -0.15) is 0 Å². The Balaban J connectivity index is 1.94. The number of nitrogens with zero attached hydrogens (tertiary/aromatic N) is 1. The Labute approximate surface area is 222 Å². The lowest BCUT2D eigenvalue weighted by molar-refractivity contribution is -0.132. The lowest BCUT2D eigenvalue weighted by Gasteiger charge is -2.26. The number of ketones is 1. The third-order valence-corrected chi connectivity index (χ3v) is 6.68. The molecule has 3 aromatic carbocycles. The molecule has 0 radical (unpaired) electrons. The van der Waals surface area contributed by atoms with Gasteiger partial charge in [-0.25, -0.2) is 0 Å². The highest BCUT2D eigenvalue weighted by Gasteiger charge is 2.47. The number of methoxy groups -OCH3 is 1. The summed E-state index contributed by atoms with van der Waals surface area (Å²) in [6.07, 6.45) is 0. The molecule has 0 spiro atoms. The molecule has 0 saturated carbocycles. The molecule has 2 N–H and O–H groups in total. The molecular weight excluding hydrogens is 480 g/mol. The SMILES string of the molecule is COc1cccc(C2/C(=C(\O)c3cc(C(C)(C)C)ccc3C)C(=O)C(=O)N2c2ccc(NC(C)=O)cc2)c1. The zero-order chi connectivity index (χ0) is 27.8. The summed E-state index contributed by atoms with van der Waals surface area (Å²) >= 11 is 0. The first-order chi connectivity index (χ1) is 17.9. The smallest absolute Gasteiger partial charge is 0.300 e. The van der Waals surface area contributed by atoms with Crippen molar-refractivity contribution in [3.8, 4) is 5.75 Å². The van der Waals surface area contributed by atoms with Crippen LogP contribution in [0.5, 0.6) is 5.75 Å². The van der Waals surface area contributed by atoms with E-state index in [1.54, 1.807) is 48.5 Å². The summed E-state index contributed by atoms with van der Waals surface area (Å²) in [5.74, 6) is -1.42. The molecule has 0 aromatic heterocycles. The van der Waals surface area contributed by atoms with E-state index in [2.05, 4.69) is 26.1 Å². The van der Waals surface area contributed by atoms with Crippen molar-refractivity contribution in [3.05, 3.63) is 94.6 Å². The number of benzene rings is 3. The Morgan fingerprint density at radius 2 is 1.68 bits per heavy atom. The summed E-state index contributed by atoms with van der Waals surface area (Å²) in [6.45, 7) is 9.48. The first-order valence-corrected chi connectivity index (χ1v) is 12.4. The highest BCUT2D eigenvalue weighted by molar-refractivity contribution is 6.51. The topological polar surface area (TPSA) is 95.9 Å². The fourth-order valence-corrected chi connectivity index (χ4v) is 4.62. The number of rotatable bonds is 5. The second-order valence-electron chi connectivity index (χ2n) is 10.5. The summed E-state index contributed by atoms with van der Waals surface area (Å²) in [5.41, 5.74) is 3.72. The largest absolute Gasteiger partial charge is 0.507 e. The molecule has 1 heterocycles. The molecule has 0 bridgehead atoms. The summed E-state index contributed by atoms with van der Waals surface area (Å²) in [7, 11) is 1.54. The predicted molar refractivity (Wildman–Crippen MR) is 148 cm³/mol. The number of anilines is 2. The molecule has 1 atom stereocenters. The van der Waals surface area contributed by atoms with Gasteiger partial charge in [0.1, 0.15) is 11.5 Å². The number of hydrogen-bond donors (Lipinski definition) is 2. The number of hydrogen-bond acceptors (Lipinski definition) is 5. The minimum atomic E-state index is -0.894. The van der Waals surface area contributed by atoms with E-state index < -0.39 is 17.7 Å². The van der Waals surface area contributed by atoms with Crippen molar-refractivity contribution in [3.63, 3.8) is 0 Å². The van der Waals surface area contributed by atoms with Crippen LogP contribution in [0, 0.1) is 6.92 Å². The highest BCUT2D eigenvalue weighted by Crippen LogP contribution is 2.43. The molecule has 1 unspecified atom stereocenters. The molecule has 1 fully saturated rings. The molecule has 3 aromatic rings. The van der Waals surface area contributed by atoms with Gasteiger partial charge in [0.05, 0.1) is 18.7 Å². The standard InChI is InChI=1S/C31H32N2O5/c1-18-10-11-21(31(3,4)5)17-25(18)28(35)26-27(20-8-7-9-24(16-20)38-6)33(30(37)29(26)36)23-14-12-22(13-15-23)32-19(2)34/h7-17,27,35H,1-6H3,(H,32,34)/b28-26+. The van der Waals surface area contributed by atoms with Gasteiger partial charge < -0.3 is 15.2 Å². The molecule has 1 aliphatic heterocycles. The molecule has 7 heteroatoms. The van der Waals surface area contributed by atoms with Crippen LogP contribution >= 0.6 is 0 Å².